The molecule has 0 saturated heterocycles. The van der Waals surface area contributed by atoms with Gasteiger partial charge in [-0.15, -0.1) is 0 Å². The lowest BCUT2D eigenvalue weighted by molar-refractivity contribution is -0.484. The first kappa shape index (κ1) is 3.59. The third kappa shape index (κ3) is 1.59. The molecule has 0 aromatic rings. The molecule has 4 heavy (non-hydrogen) atoms. The zero-order valence-corrected chi connectivity index (χ0v) is 1.97. The van der Waals surface area contributed by atoms with Gasteiger partial charge in [-0.3, -0.25) is 0 Å². The van der Waals surface area contributed by atoms with Gasteiger partial charge < -0.3 is 10.7 Å². The highest BCUT2D eigenvalue weighted by Crippen LogP contribution is 0.854. The van der Waals surface area contributed by atoms with Crippen molar-refractivity contribution in [2.75, 3.05) is 0 Å². The first-order valence-electron chi connectivity index (χ1n) is 0.805. The average molecular weight is 61.0 g/mol. The lowest BCUT2D eigenvalue weighted by Gasteiger charge is -1.77. The molecule has 0 heterocycles. The molecule has 24 valence electrons. The summed E-state index contributed by atoms with van der Waals surface area (Å²) in [5, 5.41) is 8.81. The zero-order chi connectivity index (χ0) is 3.41. The van der Waals surface area contributed by atoms with Gasteiger partial charge >= 0.3 is 0 Å². The highest BCUT2D eigenvalue weighted by Gasteiger charge is 1.41. The Balaban J connectivity index is 2.30. The number of primary amides is 1. The maximum absolute atomic E-state index is 8.81. The van der Waals surface area contributed by atoms with Crippen molar-refractivity contribution in [3.8, 4) is 0 Å². The Hall–Kier alpha value is -0.410. The van der Waals surface area contributed by atoms with Crippen LogP contribution in [0.3, 0.4) is 0 Å². The molecule has 3 nitrogen and oxygen atoms in total. The third-order valence-electron chi connectivity index (χ3n) is 0.0556. The Morgan fingerprint density at radius 2 is 2.25 bits per heavy atom. The lowest BCUT2D eigenvalue weighted by Crippen LogP contribution is -2.75. The van der Waals surface area contributed by atoms with E-state index in [1.807, 2.05) is 0 Å². The summed E-state index contributed by atoms with van der Waals surface area (Å²) in [6, 6.07) is 0. The Morgan fingerprint density at radius 1 is 2.00 bits per heavy atom. The van der Waals surface area contributed by atoms with Crippen LogP contribution in [-0.4, -0.2) is 6.41 Å². The zero-order valence-electron chi connectivity index (χ0n) is 1.97. The molecule has 0 bridgehead atoms. The first-order valence-corrected chi connectivity index (χ1v) is 0.805. The summed E-state index contributed by atoms with van der Waals surface area (Å²) in [5.41, 5.74) is 0.194. The molecule has 0 atom stereocenters. The van der Waals surface area contributed by atoms with E-state index in [1.165, 1.54) is 0 Å². The van der Waals surface area contributed by atoms with Crippen molar-refractivity contribution in [3.05, 3.63) is 5.21 Å². The molecule has 3 heteroatoms. The molecule has 0 aliphatic heterocycles. The van der Waals surface area contributed by atoms with Crippen molar-refractivity contribution < 1.29 is 10.3 Å². The smallest absolute Gasteiger partial charge is 0.298 e. The summed E-state index contributed by atoms with van der Waals surface area (Å²) in [7, 11) is 0. The second kappa shape index (κ2) is 2.59. The highest BCUT2D eigenvalue weighted by atomic mass is 16.5. The SMILES string of the molecule is O=C[NH2+][O-]. The number of carbonyl (C=O) groups is 1. The normalized spacial score (nSPS) is 6.25. The van der Waals surface area contributed by atoms with E-state index in [4.69, 9.17) is 10.0 Å². The number of hydrogen-bond acceptors (Lipinski definition) is 2. The van der Waals surface area contributed by atoms with Crippen molar-refractivity contribution in [1.29, 1.82) is 0 Å². The standard InChI is InChI=1S/CH3NO2/c3-1-2-4/h1H,2H2. The topological polar surface area (TPSA) is 56.7 Å². The van der Waals surface area contributed by atoms with E-state index in [9.17, 15) is 0 Å². The maximum atomic E-state index is 8.81. The van der Waals surface area contributed by atoms with E-state index in [2.05, 4.69) is 0 Å². The van der Waals surface area contributed by atoms with Crippen molar-refractivity contribution in [2.24, 2.45) is 0 Å². The number of hydroxylamine groups is 1. The fourth-order valence-corrected chi connectivity index (χ4v) is 0. The van der Waals surface area contributed by atoms with Crippen LogP contribution < -0.4 is 5.48 Å². The molecule has 0 spiro atoms. The van der Waals surface area contributed by atoms with Gasteiger partial charge in [0.25, 0.3) is 6.41 Å². The fraction of sp³-hybridized carbons (Fsp3) is 0. The van der Waals surface area contributed by atoms with Crippen LogP contribution in [0.5, 0.6) is 0 Å². The van der Waals surface area contributed by atoms with Gasteiger partial charge in [0.05, 0.1) is 0 Å². The summed E-state index contributed by atoms with van der Waals surface area (Å²) in [6.07, 6.45) is 0.194. The molecule has 0 aromatic carbocycles. The Bertz CT molecular complexity index is 20.0. The second-order valence-electron chi connectivity index (χ2n) is 0.272. The van der Waals surface area contributed by atoms with Crippen LogP contribution in [0.2, 0.25) is 0 Å². The molecule has 0 fully saturated rings. The largest absolute Gasteiger partial charge is 0.628 e. The van der Waals surface area contributed by atoms with Gasteiger partial charge in [0, 0.05) is 0 Å². The van der Waals surface area contributed by atoms with E-state index in [-0.39, 0.29) is 11.9 Å². The van der Waals surface area contributed by atoms with E-state index in [1.54, 1.807) is 0 Å². The van der Waals surface area contributed by atoms with Gasteiger partial charge in [-0.05, 0) is 0 Å². The minimum Gasteiger partial charge on any atom is -0.628 e. The fourth-order valence-electron chi connectivity index (χ4n) is 0. The van der Waals surface area contributed by atoms with E-state index >= 15 is 0 Å². The van der Waals surface area contributed by atoms with Gasteiger partial charge in [-0.2, -0.15) is 0 Å². The third-order valence-corrected chi connectivity index (χ3v) is 0.0556. The van der Waals surface area contributed by atoms with Crippen LogP contribution in [0, 0.1) is 5.21 Å². The predicted octanol–water partition coefficient (Wildman–Crippen LogP) is -1.80. The van der Waals surface area contributed by atoms with E-state index in [0.717, 1.165) is 0 Å². The first-order chi connectivity index (χ1) is 1.91. The Labute approximate surface area is 23.2 Å². The van der Waals surface area contributed by atoms with Crippen molar-refractivity contribution >= 4 is 6.41 Å². The van der Waals surface area contributed by atoms with Crippen molar-refractivity contribution in [2.45, 2.75) is 0 Å². The van der Waals surface area contributed by atoms with Crippen LogP contribution in [-0.2, 0) is 4.79 Å². The molecular weight excluding hydrogens is 58.0 g/mol. The van der Waals surface area contributed by atoms with Crippen molar-refractivity contribution in [1.82, 2.24) is 0 Å². The number of hydrogen-bond donors (Lipinski definition) is 1. The molecular formula is CH3NO2. The van der Waals surface area contributed by atoms with Crippen LogP contribution in [0.1, 0.15) is 0 Å². The van der Waals surface area contributed by atoms with Gasteiger partial charge in [0.1, 0.15) is 0 Å². The Kier molecular flexibility index (Phi) is 2.32. The van der Waals surface area contributed by atoms with Crippen LogP contribution in [0.4, 0.5) is 0 Å². The van der Waals surface area contributed by atoms with Gasteiger partial charge in [0.15, 0.2) is 0 Å². The number of nitrogens with two attached hydrogens (primary N) is 1. The minimum absolute atomic E-state index is 0.194. The minimum atomic E-state index is 0.194. The van der Waals surface area contributed by atoms with Crippen LogP contribution in [0.15, 0.2) is 0 Å². The monoisotopic (exact) mass is 61.0 g/mol. The Morgan fingerprint density at radius 3 is 2.25 bits per heavy atom. The number of carbonyl (C=O) groups excluding carboxylic acids is 1. The maximum Gasteiger partial charge on any atom is 0.298 e. The van der Waals surface area contributed by atoms with Gasteiger partial charge in [-0.1, -0.05) is 0 Å². The molecule has 0 aliphatic rings. The molecule has 0 saturated carbocycles. The lowest BCUT2D eigenvalue weighted by atomic mass is 11.5. The quantitative estimate of drug-likeness (QED) is 0.287. The highest BCUT2D eigenvalue weighted by molar-refractivity contribution is 5.31. The molecule has 1 amide bonds. The van der Waals surface area contributed by atoms with Gasteiger partial charge in [0.2, 0.25) is 0 Å². The summed E-state index contributed by atoms with van der Waals surface area (Å²) in [4.78, 5) is 8.81. The second-order valence-corrected chi connectivity index (χ2v) is 0.272. The van der Waals surface area contributed by atoms with Crippen LogP contribution >= 0.6 is 0 Å². The molecule has 0 rings (SSSR count). The number of amides is 1. The van der Waals surface area contributed by atoms with E-state index < -0.39 is 0 Å². The van der Waals surface area contributed by atoms with E-state index in [0.29, 0.717) is 0 Å². The van der Waals surface area contributed by atoms with Crippen LogP contribution in [0.25, 0.3) is 0 Å². The average Bonchev–Trinajstić information content (AvgIpc) is 1.37. The van der Waals surface area contributed by atoms with Gasteiger partial charge in [-0.25, -0.2) is 4.79 Å². The summed E-state index contributed by atoms with van der Waals surface area (Å²) in [6.45, 7) is 0. The molecule has 0 radical (unpaired) electrons. The molecule has 0 unspecified atom stereocenters. The number of quaternary nitrogens is 1. The molecule has 2 N–H and O–H groups in total. The predicted molar refractivity (Wildman–Crippen MR) is 11.4 cm³/mol. The summed E-state index contributed by atoms with van der Waals surface area (Å²) in [5.74, 6) is 0. The molecule has 0 aromatic heterocycles. The molecule has 0 aliphatic carbocycles. The van der Waals surface area contributed by atoms with Crippen molar-refractivity contribution in [3.63, 3.8) is 0 Å². The summed E-state index contributed by atoms with van der Waals surface area (Å²) >= 11 is 0. The number of rotatable bonds is 1. The summed E-state index contributed by atoms with van der Waals surface area (Å²) < 4.78 is 0.